The van der Waals surface area contributed by atoms with E-state index in [4.69, 9.17) is 9.47 Å². The molecule has 0 aromatic heterocycles. The maximum atomic E-state index is 13.3. The second-order valence-electron chi connectivity index (χ2n) is 8.32. The van der Waals surface area contributed by atoms with Crippen molar-refractivity contribution in [3.8, 4) is 0 Å². The lowest BCUT2D eigenvalue weighted by molar-refractivity contribution is -0.174. The average Bonchev–Trinajstić information content (AvgIpc) is 2.69. The predicted molar refractivity (Wildman–Crippen MR) is 111 cm³/mol. The Kier molecular flexibility index (Phi) is 6.26. The number of amides is 1. The molecule has 5 heteroatoms. The summed E-state index contributed by atoms with van der Waals surface area (Å²) >= 11 is 0. The average molecular weight is 395 g/mol. The highest BCUT2D eigenvalue weighted by molar-refractivity contribution is 5.83. The molecule has 1 aliphatic rings. The Balaban J connectivity index is 2.12. The largest absolute Gasteiger partial charge is 0.453 e. The zero-order valence-electron chi connectivity index (χ0n) is 17.5. The number of rotatable bonds is 4. The predicted octanol–water partition coefficient (Wildman–Crippen LogP) is 5.43. The summed E-state index contributed by atoms with van der Waals surface area (Å²) in [6.07, 6.45) is 0.161. The number of nitrogens with zero attached hydrogens (tertiary/aromatic N) is 1. The van der Waals surface area contributed by atoms with Crippen LogP contribution in [0.25, 0.3) is 0 Å². The highest BCUT2D eigenvalue weighted by atomic mass is 16.6. The summed E-state index contributed by atoms with van der Waals surface area (Å²) in [6, 6.07) is 18.1. The number of hydrogen-bond acceptors (Lipinski definition) is 4. The van der Waals surface area contributed by atoms with Crippen LogP contribution in [0, 0.1) is 0 Å². The van der Waals surface area contributed by atoms with E-state index < -0.39 is 35.9 Å². The minimum atomic E-state index is -0.681. The SMILES string of the molecule is CCC[C@H]1C(=O)O[C@H](c2ccccc2)[C@H](c2ccccc2)N1C(=O)OC(C)(C)C. The van der Waals surface area contributed by atoms with E-state index in [0.717, 1.165) is 17.5 Å². The molecular formula is C24H29NO4. The lowest BCUT2D eigenvalue weighted by Gasteiger charge is -2.45. The quantitative estimate of drug-likeness (QED) is 0.648. The van der Waals surface area contributed by atoms with Crippen LogP contribution in [-0.2, 0) is 14.3 Å². The van der Waals surface area contributed by atoms with Crippen LogP contribution in [0.5, 0.6) is 0 Å². The third-order valence-electron chi connectivity index (χ3n) is 4.87. The Morgan fingerprint density at radius 1 is 1.00 bits per heavy atom. The number of carbonyl (C=O) groups excluding carboxylic acids is 2. The van der Waals surface area contributed by atoms with Gasteiger partial charge in [0.1, 0.15) is 17.7 Å². The van der Waals surface area contributed by atoms with E-state index >= 15 is 0 Å². The fourth-order valence-corrected chi connectivity index (χ4v) is 3.69. The van der Waals surface area contributed by atoms with Gasteiger partial charge in [0.2, 0.25) is 0 Å². The number of benzene rings is 2. The van der Waals surface area contributed by atoms with Crippen LogP contribution in [0.2, 0.25) is 0 Å². The molecule has 0 saturated carbocycles. The Morgan fingerprint density at radius 3 is 2.07 bits per heavy atom. The van der Waals surface area contributed by atoms with Gasteiger partial charge in [-0.05, 0) is 38.3 Å². The number of morpholine rings is 1. The zero-order valence-corrected chi connectivity index (χ0v) is 17.5. The lowest BCUT2D eigenvalue weighted by Crippen LogP contribution is -2.55. The number of cyclic esters (lactones) is 1. The van der Waals surface area contributed by atoms with Gasteiger partial charge in [0, 0.05) is 0 Å². The van der Waals surface area contributed by atoms with Gasteiger partial charge in [-0.15, -0.1) is 0 Å². The van der Waals surface area contributed by atoms with E-state index in [1.165, 1.54) is 0 Å². The van der Waals surface area contributed by atoms with Gasteiger partial charge in [-0.3, -0.25) is 4.90 Å². The second-order valence-corrected chi connectivity index (χ2v) is 8.32. The van der Waals surface area contributed by atoms with Gasteiger partial charge in [-0.2, -0.15) is 0 Å². The molecule has 5 nitrogen and oxygen atoms in total. The molecule has 1 amide bonds. The number of hydrogen-bond donors (Lipinski definition) is 0. The molecule has 0 unspecified atom stereocenters. The molecule has 3 rings (SSSR count). The van der Waals surface area contributed by atoms with Gasteiger partial charge in [0.05, 0.1) is 0 Å². The van der Waals surface area contributed by atoms with Gasteiger partial charge in [0.15, 0.2) is 6.10 Å². The Hall–Kier alpha value is -2.82. The lowest BCUT2D eigenvalue weighted by atomic mass is 9.90. The molecular weight excluding hydrogens is 366 g/mol. The van der Waals surface area contributed by atoms with Crippen LogP contribution < -0.4 is 0 Å². The van der Waals surface area contributed by atoms with Crippen LogP contribution >= 0.6 is 0 Å². The monoisotopic (exact) mass is 395 g/mol. The Morgan fingerprint density at radius 2 is 1.55 bits per heavy atom. The molecule has 1 fully saturated rings. The summed E-state index contributed by atoms with van der Waals surface area (Å²) < 4.78 is 11.6. The standard InChI is InChI=1S/C24H29NO4/c1-5-12-19-22(26)28-21(18-15-10-7-11-16-18)20(17-13-8-6-9-14-17)25(19)23(27)29-24(2,3)4/h6-11,13-16,19-21H,5,12H2,1-4H3/t19-,20-,21+/m0/s1. The molecule has 29 heavy (non-hydrogen) atoms. The summed E-state index contributed by atoms with van der Waals surface area (Å²) in [6.45, 7) is 7.47. The first kappa shape index (κ1) is 20.9. The summed E-state index contributed by atoms with van der Waals surface area (Å²) in [4.78, 5) is 27.8. The molecule has 0 spiro atoms. The fourth-order valence-electron chi connectivity index (χ4n) is 3.69. The molecule has 154 valence electrons. The third-order valence-corrected chi connectivity index (χ3v) is 4.87. The molecule has 2 aromatic rings. The molecule has 0 N–H and O–H groups in total. The van der Waals surface area contributed by atoms with Crippen molar-refractivity contribution in [2.24, 2.45) is 0 Å². The van der Waals surface area contributed by atoms with E-state index in [0.29, 0.717) is 6.42 Å². The van der Waals surface area contributed by atoms with Crippen LogP contribution in [0.1, 0.15) is 63.8 Å². The van der Waals surface area contributed by atoms with E-state index in [9.17, 15) is 9.59 Å². The summed E-state index contributed by atoms with van der Waals surface area (Å²) in [5.74, 6) is -0.390. The molecule has 1 heterocycles. The van der Waals surface area contributed by atoms with Crippen molar-refractivity contribution in [2.75, 3.05) is 0 Å². The molecule has 1 saturated heterocycles. The third kappa shape index (κ3) is 4.78. The smallest absolute Gasteiger partial charge is 0.411 e. The topological polar surface area (TPSA) is 55.8 Å². The Labute approximate surface area is 172 Å². The van der Waals surface area contributed by atoms with Gasteiger partial charge in [-0.1, -0.05) is 74.0 Å². The van der Waals surface area contributed by atoms with Gasteiger partial charge < -0.3 is 9.47 Å². The van der Waals surface area contributed by atoms with Crippen LogP contribution in [0.3, 0.4) is 0 Å². The van der Waals surface area contributed by atoms with E-state index in [-0.39, 0.29) is 0 Å². The van der Waals surface area contributed by atoms with Gasteiger partial charge >= 0.3 is 12.1 Å². The van der Waals surface area contributed by atoms with Crippen LogP contribution in [-0.4, -0.2) is 28.6 Å². The van der Waals surface area contributed by atoms with Gasteiger partial charge in [0.25, 0.3) is 0 Å². The number of ether oxygens (including phenoxy) is 2. The number of esters is 1. The minimum absolute atomic E-state index is 0.390. The summed E-state index contributed by atoms with van der Waals surface area (Å²) in [5.41, 5.74) is 1.08. The Bertz CT molecular complexity index is 829. The minimum Gasteiger partial charge on any atom is -0.453 e. The molecule has 2 aromatic carbocycles. The van der Waals surface area contributed by atoms with Crippen molar-refractivity contribution < 1.29 is 19.1 Å². The van der Waals surface area contributed by atoms with Crippen molar-refractivity contribution in [1.29, 1.82) is 0 Å². The first-order chi connectivity index (χ1) is 13.8. The number of carbonyl (C=O) groups is 2. The van der Waals surface area contributed by atoms with Crippen LogP contribution in [0.4, 0.5) is 4.79 Å². The maximum absolute atomic E-state index is 13.3. The first-order valence-electron chi connectivity index (χ1n) is 10.1. The zero-order chi connectivity index (χ0) is 21.0. The van der Waals surface area contributed by atoms with Crippen molar-refractivity contribution in [2.45, 2.75) is 64.3 Å². The molecule has 1 aliphatic heterocycles. The second kappa shape index (κ2) is 8.68. The molecule has 0 radical (unpaired) electrons. The summed E-state index contributed by atoms with van der Waals surface area (Å²) in [7, 11) is 0. The van der Waals surface area contributed by atoms with Gasteiger partial charge in [-0.25, -0.2) is 9.59 Å². The first-order valence-corrected chi connectivity index (χ1v) is 10.1. The van der Waals surface area contributed by atoms with E-state index in [1.807, 2.05) is 88.4 Å². The highest BCUT2D eigenvalue weighted by Crippen LogP contribution is 2.43. The van der Waals surface area contributed by atoms with Crippen molar-refractivity contribution in [3.05, 3.63) is 71.8 Å². The molecule has 3 atom stereocenters. The molecule has 0 aliphatic carbocycles. The van der Waals surface area contributed by atoms with E-state index in [1.54, 1.807) is 4.90 Å². The summed E-state index contributed by atoms with van der Waals surface area (Å²) in [5, 5.41) is 0. The molecule has 0 bridgehead atoms. The normalized spacial score (nSPS) is 22.1. The van der Waals surface area contributed by atoms with Crippen molar-refractivity contribution in [1.82, 2.24) is 4.90 Å². The maximum Gasteiger partial charge on any atom is 0.411 e. The highest BCUT2D eigenvalue weighted by Gasteiger charge is 2.48. The van der Waals surface area contributed by atoms with Crippen molar-refractivity contribution in [3.63, 3.8) is 0 Å². The van der Waals surface area contributed by atoms with Crippen LogP contribution in [0.15, 0.2) is 60.7 Å². The van der Waals surface area contributed by atoms with Crippen molar-refractivity contribution >= 4 is 12.1 Å². The van der Waals surface area contributed by atoms with E-state index in [2.05, 4.69) is 0 Å². The fraction of sp³-hybridized carbons (Fsp3) is 0.417.